The fraction of sp³-hybridized carbons (Fsp3) is 0.941. The SMILES string of the molecule is CCN(CCNC(=NC)N1CC2C3CCC(O3)C2C1)C(C)C. The normalized spacial score (nSPS) is 34.1. The number of likely N-dealkylation sites (N-methyl/N-ethyl adjacent to an activating group) is 1. The molecule has 0 amide bonds. The monoisotopic (exact) mass is 308 g/mol. The van der Waals surface area contributed by atoms with Crippen molar-refractivity contribution < 1.29 is 4.74 Å². The predicted molar refractivity (Wildman–Crippen MR) is 90.2 cm³/mol. The summed E-state index contributed by atoms with van der Waals surface area (Å²) in [6.07, 6.45) is 3.58. The van der Waals surface area contributed by atoms with Gasteiger partial charge in [0.1, 0.15) is 0 Å². The first kappa shape index (κ1) is 16.1. The Morgan fingerprint density at radius 3 is 2.41 bits per heavy atom. The van der Waals surface area contributed by atoms with Gasteiger partial charge in [0.25, 0.3) is 0 Å². The summed E-state index contributed by atoms with van der Waals surface area (Å²) < 4.78 is 6.06. The standard InChI is InChI=1S/C17H32N4O/c1-5-20(12(2)3)9-8-19-17(18-4)21-10-13-14(11-21)16-7-6-15(13)22-16/h12-16H,5-11H2,1-4H3,(H,18,19). The maximum Gasteiger partial charge on any atom is 0.193 e. The Morgan fingerprint density at radius 2 is 1.91 bits per heavy atom. The molecule has 4 atom stereocenters. The third-order valence-electron chi connectivity index (χ3n) is 5.78. The molecule has 126 valence electrons. The van der Waals surface area contributed by atoms with Crippen LogP contribution >= 0.6 is 0 Å². The van der Waals surface area contributed by atoms with Gasteiger partial charge in [-0.25, -0.2) is 0 Å². The number of likely N-dealkylation sites (tertiary alicyclic amines) is 1. The van der Waals surface area contributed by atoms with Gasteiger partial charge in [-0.2, -0.15) is 0 Å². The van der Waals surface area contributed by atoms with Crippen LogP contribution in [0.4, 0.5) is 0 Å². The number of guanidine groups is 1. The second kappa shape index (κ2) is 6.75. The highest BCUT2D eigenvalue weighted by Crippen LogP contribution is 2.47. The van der Waals surface area contributed by atoms with Crippen LogP contribution in [0.1, 0.15) is 33.6 Å². The summed E-state index contributed by atoms with van der Waals surface area (Å²) in [5, 5.41) is 3.56. The van der Waals surface area contributed by atoms with Crippen LogP contribution in [0.3, 0.4) is 0 Å². The molecule has 4 unspecified atom stereocenters. The topological polar surface area (TPSA) is 40.1 Å². The molecule has 0 spiro atoms. The number of fused-ring (bicyclic) bond motifs is 5. The van der Waals surface area contributed by atoms with E-state index >= 15 is 0 Å². The van der Waals surface area contributed by atoms with Crippen molar-refractivity contribution in [2.24, 2.45) is 16.8 Å². The molecule has 3 saturated heterocycles. The van der Waals surface area contributed by atoms with Gasteiger partial charge in [-0.3, -0.25) is 9.89 Å². The molecule has 2 bridgehead atoms. The Labute approximate surface area is 135 Å². The highest BCUT2D eigenvalue weighted by molar-refractivity contribution is 5.80. The summed E-state index contributed by atoms with van der Waals surface area (Å²) in [5.74, 6) is 2.55. The van der Waals surface area contributed by atoms with Crippen LogP contribution in [0.5, 0.6) is 0 Å². The zero-order chi connectivity index (χ0) is 15.7. The van der Waals surface area contributed by atoms with Crippen molar-refractivity contribution >= 4 is 5.96 Å². The summed E-state index contributed by atoms with van der Waals surface area (Å²) in [6.45, 7) is 12.1. The summed E-state index contributed by atoms with van der Waals surface area (Å²) in [5.41, 5.74) is 0. The van der Waals surface area contributed by atoms with Crippen molar-refractivity contribution in [2.45, 2.75) is 51.9 Å². The quantitative estimate of drug-likeness (QED) is 0.616. The number of ether oxygens (including phenoxy) is 1. The van der Waals surface area contributed by atoms with E-state index in [9.17, 15) is 0 Å². The molecule has 3 aliphatic rings. The average Bonchev–Trinajstić information content (AvgIpc) is 3.19. The van der Waals surface area contributed by atoms with Crippen molar-refractivity contribution in [3.05, 3.63) is 0 Å². The van der Waals surface area contributed by atoms with Crippen LogP contribution in [-0.2, 0) is 4.74 Å². The molecule has 5 heteroatoms. The molecule has 22 heavy (non-hydrogen) atoms. The van der Waals surface area contributed by atoms with E-state index in [1.807, 2.05) is 7.05 Å². The predicted octanol–water partition coefficient (Wildman–Crippen LogP) is 1.40. The number of hydrogen-bond donors (Lipinski definition) is 1. The maximum atomic E-state index is 6.06. The number of nitrogens with one attached hydrogen (secondary N) is 1. The van der Waals surface area contributed by atoms with Gasteiger partial charge >= 0.3 is 0 Å². The van der Waals surface area contributed by atoms with Crippen LogP contribution < -0.4 is 5.32 Å². The third-order valence-corrected chi connectivity index (χ3v) is 5.78. The van der Waals surface area contributed by atoms with Gasteiger partial charge in [-0.05, 0) is 33.2 Å². The number of rotatable bonds is 5. The molecule has 3 heterocycles. The van der Waals surface area contributed by atoms with Gasteiger partial charge in [0.05, 0.1) is 12.2 Å². The lowest BCUT2D eigenvalue weighted by molar-refractivity contribution is 0.0767. The molecule has 0 aromatic heterocycles. The molecule has 0 aromatic rings. The Morgan fingerprint density at radius 1 is 1.27 bits per heavy atom. The molecular formula is C17H32N4O. The summed E-state index contributed by atoms with van der Waals surface area (Å²) in [7, 11) is 1.90. The van der Waals surface area contributed by atoms with Gasteiger partial charge in [0.15, 0.2) is 5.96 Å². The highest BCUT2D eigenvalue weighted by atomic mass is 16.5. The zero-order valence-electron chi connectivity index (χ0n) is 14.6. The number of aliphatic imine (C=N–C) groups is 1. The van der Waals surface area contributed by atoms with Crippen molar-refractivity contribution in [2.75, 3.05) is 39.8 Å². The largest absolute Gasteiger partial charge is 0.374 e. The molecule has 0 aromatic carbocycles. The Bertz CT molecular complexity index is 393. The van der Waals surface area contributed by atoms with Gasteiger partial charge in [-0.1, -0.05) is 6.92 Å². The van der Waals surface area contributed by atoms with E-state index in [0.717, 1.165) is 50.5 Å². The highest BCUT2D eigenvalue weighted by Gasteiger charge is 2.53. The van der Waals surface area contributed by atoms with E-state index in [4.69, 9.17) is 4.74 Å². The van der Waals surface area contributed by atoms with Crippen molar-refractivity contribution in [3.63, 3.8) is 0 Å². The molecule has 0 radical (unpaired) electrons. The molecule has 0 saturated carbocycles. The average molecular weight is 308 g/mol. The van der Waals surface area contributed by atoms with Crippen molar-refractivity contribution in [1.82, 2.24) is 15.1 Å². The maximum absolute atomic E-state index is 6.06. The lowest BCUT2D eigenvalue weighted by atomic mass is 9.82. The van der Waals surface area contributed by atoms with E-state index in [-0.39, 0.29) is 0 Å². The minimum atomic E-state index is 0.523. The van der Waals surface area contributed by atoms with Gasteiger partial charge in [0.2, 0.25) is 0 Å². The van der Waals surface area contributed by atoms with Gasteiger partial charge < -0.3 is 15.0 Å². The molecule has 1 N–H and O–H groups in total. The Balaban J connectivity index is 1.49. The van der Waals surface area contributed by atoms with Gasteiger partial charge in [0, 0.05) is 51.1 Å². The first-order valence-corrected chi connectivity index (χ1v) is 8.99. The molecule has 0 aliphatic carbocycles. The minimum absolute atomic E-state index is 0.523. The molecule has 3 rings (SSSR count). The Kier molecular flexibility index (Phi) is 4.93. The summed E-state index contributed by atoms with van der Waals surface area (Å²) >= 11 is 0. The lowest BCUT2D eigenvalue weighted by Crippen LogP contribution is -2.45. The first-order chi connectivity index (χ1) is 10.6. The Hall–Kier alpha value is -0.810. The first-order valence-electron chi connectivity index (χ1n) is 8.99. The molecule has 3 aliphatic heterocycles. The molecule has 5 nitrogen and oxygen atoms in total. The second-order valence-corrected chi connectivity index (χ2v) is 7.22. The van der Waals surface area contributed by atoms with E-state index in [1.165, 1.54) is 12.8 Å². The fourth-order valence-electron chi connectivity index (χ4n) is 4.56. The van der Waals surface area contributed by atoms with Crippen LogP contribution in [0.25, 0.3) is 0 Å². The minimum Gasteiger partial charge on any atom is -0.374 e. The van der Waals surface area contributed by atoms with E-state index in [1.54, 1.807) is 0 Å². The number of nitrogens with zero attached hydrogens (tertiary/aromatic N) is 3. The van der Waals surface area contributed by atoms with Crippen LogP contribution in [-0.4, -0.2) is 73.8 Å². The van der Waals surface area contributed by atoms with Crippen LogP contribution in [0.2, 0.25) is 0 Å². The lowest BCUT2D eigenvalue weighted by Gasteiger charge is -2.27. The van der Waals surface area contributed by atoms with Gasteiger partial charge in [-0.15, -0.1) is 0 Å². The number of hydrogen-bond acceptors (Lipinski definition) is 3. The van der Waals surface area contributed by atoms with Crippen molar-refractivity contribution in [1.29, 1.82) is 0 Å². The smallest absolute Gasteiger partial charge is 0.193 e. The van der Waals surface area contributed by atoms with Crippen LogP contribution in [0, 0.1) is 11.8 Å². The van der Waals surface area contributed by atoms with E-state index < -0.39 is 0 Å². The summed E-state index contributed by atoms with van der Waals surface area (Å²) in [4.78, 5) is 9.44. The molecular weight excluding hydrogens is 276 g/mol. The third kappa shape index (κ3) is 2.98. The van der Waals surface area contributed by atoms with E-state index in [0.29, 0.717) is 18.2 Å². The molecule has 3 fully saturated rings. The van der Waals surface area contributed by atoms with E-state index in [2.05, 4.69) is 40.9 Å². The van der Waals surface area contributed by atoms with Crippen LogP contribution in [0.15, 0.2) is 4.99 Å². The zero-order valence-corrected chi connectivity index (χ0v) is 14.6. The second-order valence-electron chi connectivity index (χ2n) is 7.22. The summed E-state index contributed by atoms with van der Waals surface area (Å²) in [6, 6.07) is 0.604. The van der Waals surface area contributed by atoms with Crippen molar-refractivity contribution in [3.8, 4) is 0 Å². The fourth-order valence-corrected chi connectivity index (χ4v) is 4.56.